The Bertz CT molecular complexity index is 721. The van der Waals surface area contributed by atoms with Crippen molar-refractivity contribution in [1.82, 2.24) is 15.1 Å². The Balaban J connectivity index is 2.02. The van der Waals surface area contributed by atoms with Crippen molar-refractivity contribution in [3.05, 3.63) is 41.5 Å². The number of hydrogen-bond acceptors (Lipinski definition) is 5. The molecule has 0 saturated heterocycles. The summed E-state index contributed by atoms with van der Waals surface area (Å²) in [6.45, 7) is 0. The van der Waals surface area contributed by atoms with Crippen LogP contribution < -0.4 is 0 Å². The van der Waals surface area contributed by atoms with E-state index < -0.39 is 11.9 Å². The van der Waals surface area contributed by atoms with E-state index in [1.807, 2.05) is 6.07 Å². The highest BCUT2D eigenvalue weighted by molar-refractivity contribution is 7.13. The van der Waals surface area contributed by atoms with Gasteiger partial charge in [0, 0.05) is 5.56 Å². The van der Waals surface area contributed by atoms with Crippen LogP contribution in [0.5, 0.6) is 0 Å². The summed E-state index contributed by atoms with van der Waals surface area (Å²) in [4.78, 5) is 7.13. The van der Waals surface area contributed by atoms with Crippen molar-refractivity contribution in [2.75, 3.05) is 0 Å². The van der Waals surface area contributed by atoms with Gasteiger partial charge in [0.15, 0.2) is 5.69 Å². The van der Waals surface area contributed by atoms with Gasteiger partial charge < -0.3 is 4.52 Å². The molecule has 102 valence electrons. The van der Waals surface area contributed by atoms with Crippen LogP contribution in [0.15, 0.2) is 40.4 Å². The summed E-state index contributed by atoms with van der Waals surface area (Å²) in [6, 6.07) is 8.85. The number of rotatable bonds is 2. The fourth-order valence-electron chi connectivity index (χ4n) is 1.62. The predicted octanol–water partition coefficient (Wildman–Crippen LogP) is 3.88. The van der Waals surface area contributed by atoms with Crippen molar-refractivity contribution in [2.45, 2.75) is 6.18 Å². The third-order valence-corrected chi connectivity index (χ3v) is 3.30. The molecule has 0 spiro atoms. The van der Waals surface area contributed by atoms with Crippen LogP contribution in [0, 0.1) is 0 Å². The van der Waals surface area contributed by atoms with E-state index in [2.05, 4.69) is 15.1 Å². The molecule has 0 N–H and O–H groups in total. The van der Waals surface area contributed by atoms with Gasteiger partial charge in [-0.25, -0.2) is 4.98 Å². The molecule has 0 radical (unpaired) electrons. The average molecular weight is 297 g/mol. The molecule has 8 heteroatoms. The summed E-state index contributed by atoms with van der Waals surface area (Å²) in [5.41, 5.74) is 0.760. The van der Waals surface area contributed by atoms with E-state index >= 15 is 0 Å². The maximum Gasteiger partial charge on any atom is 0.434 e. The Hall–Kier alpha value is -2.22. The zero-order valence-electron chi connectivity index (χ0n) is 9.76. The Morgan fingerprint density at radius 1 is 1.10 bits per heavy atom. The molecule has 0 fully saturated rings. The molecule has 0 unspecified atom stereocenters. The summed E-state index contributed by atoms with van der Waals surface area (Å²) >= 11 is 0.811. The quantitative estimate of drug-likeness (QED) is 0.720. The Morgan fingerprint density at radius 3 is 2.55 bits per heavy atom. The van der Waals surface area contributed by atoms with E-state index in [4.69, 9.17) is 4.52 Å². The summed E-state index contributed by atoms with van der Waals surface area (Å²) < 4.78 is 43.2. The lowest BCUT2D eigenvalue weighted by atomic mass is 10.2. The second-order valence-electron chi connectivity index (χ2n) is 3.82. The molecule has 4 nitrogen and oxygen atoms in total. The van der Waals surface area contributed by atoms with Crippen molar-refractivity contribution in [3.63, 3.8) is 0 Å². The molecule has 0 bridgehead atoms. The van der Waals surface area contributed by atoms with E-state index in [1.165, 1.54) is 0 Å². The fraction of sp³-hybridized carbons (Fsp3) is 0.0833. The van der Waals surface area contributed by atoms with Crippen LogP contribution >= 0.6 is 11.3 Å². The maximum absolute atomic E-state index is 12.8. The zero-order valence-corrected chi connectivity index (χ0v) is 10.6. The molecule has 0 aliphatic heterocycles. The standard InChI is InChI=1S/C12H6F3N3OS/c13-12(14,15)9-8(20-6-16-9)11-17-10(18-19-11)7-4-2-1-3-5-7/h1-6H. The van der Waals surface area contributed by atoms with Gasteiger partial charge in [0.1, 0.15) is 4.88 Å². The van der Waals surface area contributed by atoms with Crippen LogP contribution in [-0.2, 0) is 6.18 Å². The van der Waals surface area contributed by atoms with E-state index in [9.17, 15) is 13.2 Å². The molecule has 3 aromatic rings. The lowest BCUT2D eigenvalue weighted by Gasteiger charge is -2.02. The molecular weight excluding hydrogens is 291 g/mol. The van der Waals surface area contributed by atoms with Gasteiger partial charge in [-0.3, -0.25) is 0 Å². The highest BCUT2D eigenvalue weighted by Crippen LogP contribution is 2.38. The van der Waals surface area contributed by atoms with Gasteiger partial charge in [0.2, 0.25) is 5.82 Å². The van der Waals surface area contributed by atoms with Crippen molar-refractivity contribution < 1.29 is 17.7 Å². The third kappa shape index (κ3) is 2.29. The van der Waals surface area contributed by atoms with Crippen LogP contribution in [0.4, 0.5) is 13.2 Å². The first-order valence-electron chi connectivity index (χ1n) is 5.46. The number of thiazole rings is 1. The molecule has 2 heterocycles. The molecule has 2 aromatic heterocycles. The lowest BCUT2D eigenvalue weighted by molar-refractivity contribution is -0.140. The number of nitrogens with zero attached hydrogens (tertiary/aromatic N) is 3. The first kappa shape index (κ1) is 12.8. The second kappa shape index (κ2) is 4.71. The largest absolute Gasteiger partial charge is 0.434 e. The van der Waals surface area contributed by atoms with Crippen molar-refractivity contribution >= 4 is 11.3 Å². The van der Waals surface area contributed by atoms with Crippen LogP contribution in [0.25, 0.3) is 22.2 Å². The minimum absolute atomic E-state index is 0.174. The molecule has 0 aliphatic carbocycles. The number of benzene rings is 1. The Morgan fingerprint density at radius 2 is 1.85 bits per heavy atom. The molecule has 20 heavy (non-hydrogen) atoms. The van der Waals surface area contributed by atoms with Gasteiger partial charge in [0.25, 0.3) is 5.89 Å². The van der Waals surface area contributed by atoms with Crippen LogP contribution in [0.3, 0.4) is 0 Å². The van der Waals surface area contributed by atoms with Crippen LogP contribution in [0.2, 0.25) is 0 Å². The van der Waals surface area contributed by atoms with Crippen LogP contribution in [0.1, 0.15) is 5.69 Å². The minimum atomic E-state index is -4.54. The molecule has 0 aliphatic rings. The number of alkyl halides is 3. The SMILES string of the molecule is FC(F)(F)c1ncsc1-c1nc(-c2ccccc2)no1. The normalized spacial score (nSPS) is 11.8. The minimum Gasteiger partial charge on any atom is -0.333 e. The van der Waals surface area contributed by atoms with Crippen molar-refractivity contribution in [1.29, 1.82) is 0 Å². The maximum atomic E-state index is 12.8. The van der Waals surface area contributed by atoms with Gasteiger partial charge >= 0.3 is 6.18 Å². The summed E-state index contributed by atoms with van der Waals surface area (Å²) in [5.74, 6) is 0.0563. The first-order chi connectivity index (χ1) is 9.55. The molecule has 0 atom stereocenters. The van der Waals surface area contributed by atoms with Gasteiger partial charge in [-0.15, -0.1) is 11.3 Å². The molecule has 1 aromatic carbocycles. The zero-order chi connectivity index (χ0) is 14.2. The molecule has 3 rings (SSSR count). The van der Waals surface area contributed by atoms with Crippen molar-refractivity contribution in [3.8, 4) is 22.2 Å². The predicted molar refractivity (Wildman–Crippen MR) is 65.8 cm³/mol. The van der Waals surface area contributed by atoms with Gasteiger partial charge in [-0.05, 0) is 0 Å². The van der Waals surface area contributed by atoms with Crippen molar-refractivity contribution in [2.24, 2.45) is 0 Å². The Labute approximate surface area is 114 Å². The number of halogens is 3. The number of aromatic nitrogens is 3. The topological polar surface area (TPSA) is 51.8 Å². The van der Waals surface area contributed by atoms with Gasteiger partial charge in [-0.2, -0.15) is 18.2 Å². The monoisotopic (exact) mass is 297 g/mol. The lowest BCUT2D eigenvalue weighted by Crippen LogP contribution is -2.06. The second-order valence-corrected chi connectivity index (χ2v) is 4.67. The Kier molecular flexibility index (Phi) is 3.01. The fourth-order valence-corrected chi connectivity index (χ4v) is 2.35. The van der Waals surface area contributed by atoms with Gasteiger partial charge in [-0.1, -0.05) is 35.5 Å². The summed E-state index contributed by atoms with van der Waals surface area (Å²) in [5, 5.41) is 3.69. The average Bonchev–Trinajstić information content (AvgIpc) is 3.08. The van der Waals surface area contributed by atoms with E-state index in [-0.39, 0.29) is 16.6 Å². The summed E-state index contributed by atoms with van der Waals surface area (Å²) in [6.07, 6.45) is -4.54. The third-order valence-electron chi connectivity index (χ3n) is 2.49. The molecule has 0 amide bonds. The smallest absolute Gasteiger partial charge is 0.333 e. The van der Waals surface area contributed by atoms with E-state index in [0.717, 1.165) is 16.8 Å². The highest BCUT2D eigenvalue weighted by atomic mass is 32.1. The highest BCUT2D eigenvalue weighted by Gasteiger charge is 2.38. The van der Waals surface area contributed by atoms with E-state index in [0.29, 0.717) is 5.56 Å². The molecule has 0 saturated carbocycles. The van der Waals surface area contributed by atoms with Gasteiger partial charge in [0.05, 0.1) is 5.51 Å². The first-order valence-corrected chi connectivity index (χ1v) is 6.34. The number of hydrogen-bond donors (Lipinski definition) is 0. The van der Waals surface area contributed by atoms with E-state index in [1.54, 1.807) is 24.3 Å². The van der Waals surface area contributed by atoms with Crippen LogP contribution in [-0.4, -0.2) is 15.1 Å². The molecular formula is C12H6F3N3OS. The summed E-state index contributed by atoms with van der Waals surface area (Å²) in [7, 11) is 0.